The van der Waals surface area contributed by atoms with Crippen molar-refractivity contribution in [2.24, 2.45) is 0 Å². The Labute approximate surface area is 173 Å². The summed E-state index contributed by atoms with van der Waals surface area (Å²) in [5.41, 5.74) is 0.280. The van der Waals surface area contributed by atoms with Gasteiger partial charge in [0.15, 0.2) is 0 Å². The van der Waals surface area contributed by atoms with Crippen molar-refractivity contribution in [1.29, 1.82) is 0 Å². The van der Waals surface area contributed by atoms with Gasteiger partial charge in [-0.05, 0) is 47.5 Å². The average molecular weight is 472 g/mol. The van der Waals surface area contributed by atoms with E-state index in [1.54, 1.807) is 30.3 Å². The van der Waals surface area contributed by atoms with Crippen LogP contribution in [-0.2, 0) is 10.0 Å². The Bertz CT molecular complexity index is 1430. The summed E-state index contributed by atoms with van der Waals surface area (Å²) >= 11 is 3.37. The van der Waals surface area contributed by atoms with Crippen molar-refractivity contribution in [3.05, 3.63) is 92.0 Å². The molecule has 0 radical (unpaired) electrons. The Hall–Kier alpha value is -3.17. The SMILES string of the molecule is O=c1[nH]c(=O)c2cc(-c3ccc(Br)cc3)cc(NS(=O)(=O)c3ccccc3)c2[nH]1. The Balaban J connectivity index is 1.95. The van der Waals surface area contributed by atoms with Crippen molar-refractivity contribution in [3.8, 4) is 11.1 Å². The summed E-state index contributed by atoms with van der Waals surface area (Å²) in [5.74, 6) is 0. The fraction of sp³-hybridized carbons (Fsp3) is 0. The van der Waals surface area contributed by atoms with Gasteiger partial charge in [0.25, 0.3) is 15.6 Å². The molecule has 1 aromatic heterocycles. The molecule has 9 heteroatoms. The third kappa shape index (κ3) is 3.87. The number of rotatable bonds is 4. The number of hydrogen-bond donors (Lipinski definition) is 3. The highest BCUT2D eigenvalue weighted by Crippen LogP contribution is 2.30. The third-order valence-corrected chi connectivity index (χ3v) is 6.23. The van der Waals surface area contributed by atoms with E-state index >= 15 is 0 Å². The molecule has 146 valence electrons. The number of aromatic nitrogens is 2. The van der Waals surface area contributed by atoms with Crippen LogP contribution in [0.25, 0.3) is 22.0 Å². The van der Waals surface area contributed by atoms with Crippen LogP contribution in [0.15, 0.2) is 85.7 Å². The molecule has 1 heterocycles. The van der Waals surface area contributed by atoms with Gasteiger partial charge in [-0.15, -0.1) is 0 Å². The molecule has 0 bridgehead atoms. The largest absolute Gasteiger partial charge is 0.326 e. The predicted molar refractivity (Wildman–Crippen MR) is 116 cm³/mol. The van der Waals surface area contributed by atoms with Crippen molar-refractivity contribution in [2.75, 3.05) is 4.72 Å². The van der Waals surface area contributed by atoms with Crippen molar-refractivity contribution < 1.29 is 8.42 Å². The van der Waals surface area contributed by atoms with Crippen LogP contribution in [0.3, 0.4) is 0 Å². The Morgan fingerprint density at radius 2 is 1.52 bits per heavy atom. The summed E-state index contributed by atoms with van der Waals surface area (Å²) in [4.78, 5) is 28.9. The molecular weight excluding hydrogens is 458 g/mol. The van der Waals surface area contributed by atoms with E-state index in [4.69, 9.17) is 0 Å². The first-order chi connectivity index (χ1) is 13.8. The molecule has 0 unspecified atom stereocenters. The van der Waals surface area contributed by atoms with Crippen LogP contribution < -0.4 is 16.0 Å². The van der Waals surface area contributed by atoms with Crippen molar-refractivity contribution >= 4 is 42.5 Å². The first-order valence-electron chi connectivity index (χ1n) is 8.48. The smallest absolute Gasteiger partial charge is 0.305 e. The summed E-state index contributed by atoms with van der Waals surface area (Å²) in [6.45, 7) is 0. The van der Waals surface area contributed by atoms with Gasteiger partial charge in [-0.3, -0.25) is 14.5 Å². The summed E-state index contributed by atoms with van der Waals surface area (Å²) in [7, 11) is -3.93. The first-order valence-corrected chi connectivity index (χ1v) is 10.8. The maximum Gasteiger partial charge on any atom is 0.326 e. The van der Waals surface area contributed by atoms with Gasteiger partial charge in [-0.25, -0.2) is 13.2 Å². The highest BCUT2D eigenvalue weighted by Gasteiger charge is 2.18. The van der Waals surface area contributed by atoms with Crippen LogP contribution in [0.1, 0.15) is 0 Å². The van der Waals surface area contributed by atoms with E-state index in [0.717, 1.165) is 10.0 Å². The topological polar surface area (TPSA) is 112 Å². The molecule has 4 aromatic rings. The van der Waals surface area contributed by atoms with Crippen molar-refractivity contribution in [3.63, 3.8) is 0 Å². The molecule has 0 atom stereocenters. The quantitative estimate of drug-likeness (QED) is 0.423. The van der Waals surface area contributed by atoms with E-state index in [9.17, 15) is 18.0 Å². The first kappa shape index (κ1) is 19.2. The molecule has 0 amide bonds. The second kappa shape index (κ2) is 7.34. The molecule has 3 aromatic carbocycles. The van der Waals surface area contributed by atoms with Gasteiger partial charge in [-0.1, -0.05) is 46.3 Å². The van der Waals surface area contributed by atoms with E-state index in [2.05, 4.69) is 30.6 Å². The second-order valence-electron chi connectivity index (χ2n) is 6.28. The second-order valence-corrected chi connectivity index (χ2v) is 8.88. The lowest BCUT2D eigenvalue weighted by Crippen LogP contribution is -2.23. The molecule has 29 heavy (non-hydrogen) atoms. The zero-order valence-corrected chi connectivity index (χ0v) is 17.2. The van der Waals surface area contributed by atoms with Crippen LogP contribution in [0, 0.1) is 0 Å². The zero-order valence-electron chi connectivity index (χ0n) is 14.8. The number of nitrogens with one attached hydrogen (secondary N) is 3. The molecule has 0 fully saturated rings. The minimum atomic E-state index is -3.93. The van der Waals surface area contributed by atoms with Crippen LogP contribution in [0.2, 0.25) is 0 Å². The molecule has 4 rings (SSSR count). The van der Waals surface area contributed by atoms with Crippen LogP contribution in [0.4, 0.5) is 5.69 Å². The lowest BCUT2D eigenvalue weighted by atomic mass is 10.0. The molecule has 0 aliphatic rings. The van der Waals surface area contributed by atoms with Crippen LogP contribution >= 0.6 is 15.9 Å². The Morgan fingerprint density at radius 3 is 2.21 bits per heavy atom. The van der Waals surface area contributed by atoms with Crippen LogP contribution in [0.5, 0.6) is 0 Å². The highest BCUT2D eigenvalue weighted by molar-refractivity contribution is 9.10. The number of H-pyrrole nitrogens is 2. The Kier molecular flexibility index (Phi) is 4.85. The standard InChI is InChI=1S/C20H14BrN3O4S/c21-14-8-6-12(7-9-14)13-10-16-18(22-20(26)23-19(16)25)17(11-13)24-29(27,28)15-4-2-1-3-5-15/h1-11,24H,(H2,22,23,25,26). The number of hydrogen-bond acceptors (Lipinski definition) is 4. The maximum atomic E-state index is 12.8. The molecule has 0 saturated heterocycles. The molecule has 0 aliphatic carbocycles. The van der Waals surface area contributed by atoms with Gasteiger partial charge in [0.05, 0.1) is 21.5 Å². The summed E-state index contributed by atoms with van der Waals surface area (Å²) in [5, 5.41) is 0.163. The number of anilines is 1. The summed E-state index contributed by atoms with van der Waals surface area (Å²) < 4.78 is 29.0. The number of sulfonamides is 1. The van der Waals surface area contributed by atoms with E-state index in [1.807, 2.05) is 24.3 Å². The average Bonchev–Trinajstić information content (AvgIpc) is 2.69. The molecule has 0 spiro atoms. The van der Waals surface area contributed by atoms with E-state index in [1.165, 1.54) is 12.1 Å². The zero-order chi connectivity index (χ0) is 20.6. The third-order valence-electron chi connectivity index (χ3n) is 4.32. The number of halogens is 1. The van der Waals surface area contributed by atoms with Crippen molar-refractivity contribution in [2.45, 2.75) is 4.90 Å². The van der Waals surface area contributed by atoms with Gasteiger partial charge in [-0.2, -0.15) is 0 Å². The van der Waals surface area contributed by atoms with Gasteiger partial charge >= 0.3 is 5.69 Å². The van der Waals surface area contributed by atoms with Crippen LogP contribution in [-0.4, -0.2) is 18.4 Å². The Morgan fingerprint density at radius 1 is 0.828 bits per heavy atom. The summed E-state index contributed by atoms with van der Waals surface area (Å²) in [6.07, 6.45) is 0. The van der Waals surface area contributed by atoms with E-state index in [0.29, 0.717) is 5.56 Å². The monoisotopic (exact) mass is 471 g/mol. The lowest BCUT2D eigenvalue weighted by molar-refractivity contribution is 0.601. The molecule has 7 nitrogen and oxygen atoms in total. The molecule has 0 saturated carbocycles. The minimum absolute atomic E-state index is 0.0642. The number of benzene rings is 3. The van der Waals surface area contributed by atoms with E-state index < -0.39 is 21.3 Å². The predicted octanol–water partition coefficient (Wildman–Crippen LogP) is 3.45. The minimum Gasteiger partial charge on any atom is -0.305 e. The lowest BCUT2D eigenvalue weighted by Gasteiger charge is -2.13. The molecule has 0 aliphatic heterocycles. The molecule has 3 N–H and O–H groups in total. The number of fused-ring (bicyclic) bond motifs is 1. The van der Waals surface area contributed by atoms with Gasteiger partial charge in [0, 0.05) is 4.47 Å². The number of aromatic amines is 2. The fourth-order valence-electron chi connectivity index (χ4n) is 2.96. The van der Waals surface area contributed by atoms with Crippen molar-refractivity contribution in [1.82, 2.24) is 9.97 Å². The maximum absolute atomic E-state index is 12.8. The fourth-order valence-corrected chi connectivity index (χ4v) is 4.31. The summed E-state index contributed by atoms with van der Waals surface area (Å²) in [6, 6.07) is 18.4. The van der Waals surface area contributed by atoms with Gasteiger partial charge in [0.2, 0.25) is 0 Å². The van der Waals surface area contributed by atoms with E-state index in [-0.39, 0.29) is 21.5 Å². The highest BCUT2D eigenvalue weighted by atomic mass is 79.9. The molecular formula is C20H14BrN3O4S. The normalized spacial score (nSPS) is 11.5. The van der Waals surface area contributed by atoms with Gasteiger partial charge < -0.3 is 4.98 Å². The van der Waals surface area contributed by atoms with Gasteiger partial charge in [0.1, 0.15) is 0 Å².